The van der Waals surface area contributed by atoms with E-state index in [2.05, 4.69) is 55.5 Å². The SMILES string of the molecule is C.Cc1nc(N)ccc1CN.Cc1nc(N)ccc1CNC(=O)c1oc(Cc2ccc3ncc(Cl)cc3c2)nc1C#N.Cc1nc(N)ccc1CNC(=O)c1oc(Cc2ccc3ncc(Cl)cc3c2)nc1C#N.Cl.N#Cc1nc(Cc2ccc3ncc(Cl)cc3c2)oc1C(=O)O. The largest absolute Gasteiger partial charge is 0.475 e. The number of oxazole rings is 3. The number of nitrogens with two attached hydrogens (primary N) is 4. The van der Waals surface area contributed by atoms with E-state index in [1.54, 1.807) is 74.9 Å². The van der Waals surface area contributed by atoms with Crippen LogP contribution >= 0.6 is 47.2 Å². The van der Waals surface area contributed by atoms with E-state index in [0.29, 0.717) is 63.3 Å². The Kier molecular flexibility index (Phi) is 24.5. The number of halogens is 4. The molecule has 9 heterocycles. The summed E-state index contributed by atoms with van der Waals surface area (Å²) in [4.78, 5) is 73.4. The third-order valence-electron chi connectivity index (χ3n) is 13.9. The summed E-state index contributed by atoms with van der Waals surface area (Å²) in [5.74, 6) is -0.986. The number of nitrogens with zero attached hydrogens (tertiary/aromatic N) is 12. The van der Waals surface area contributed by atoms with Crippen molar-refractivity contribution < 1.29 is 32.7 Å². The molecule has 0 spiro atoms. The molecule has 9 aromatic heterocycles. The average Bonchev–Trinajstić information content (AvgIpc) is 1.47. The molecule has 0 atom stereocenters. The third-order valence-corrected chi connectivity index (χ3v) is 14.5. The number of carbonyl (C=O) groups is 3. The van der Waals surface area contributed by atoms with E-state index in [1.807, 2.05) is 91.9 Å². The minimum absolute atomic E-state index is 0. The molecule has 0 aliphatic heterocycles. The third kappa shape index (κ3) is 18.6. The molecule has 0 unspecified atom stereocenters. The molecule has 29 heteroatoms. The maximum atomic E-state index is 12.6. The number of aromatic carboxylic acids is 1. The molecule has 12 rings (SSSR count). The van der Waals surface area contributed by atoms with Gasteiger partial charge in [-0.25, -0.2) is 34.7 Å². The molecule has 0 aliphatic carbocycles. The number of nitriles is 3. The normalized spacial score (nSPS) is 10.4. The Hall–Kier alpha value is -11.6. The first kappa shape index (κ1) is 71.8. The predicted molar refractivity (Wildman–Crippen MR) is 364 cm³/mol. The van der Waals surface area contributed by atoms with E-state index in [0.717, 1.165) is 71.8 Å². The van der Waals surface area contributed by atoms with Crippen molar-refractivity contribution in [1.29, 1.82) is 15.8 Å². The van der Waals surface area contributed by atoms with E-state index in [1.165, 1.54) is 0 Å². The second-order valence-corrected chi connectivity index (χ2v) is 21.9. The summed E-state index contributed by atoms with van der Waals surface area (Å²) in [7, 11) is 0. The highest BCUT2D eigenvalue weighted by Gasteiger charge is 2.24. The van der Waals surface area contributed by atoms with Crippen molar-refractivity contribution in [3.8, 4) is 18.2 Å². The fourth-order valence-corrected chi connectivity index (χ4v) is 9.74. The number of hydrogen-bond acceptors (Lipinski definition) is 22. The van der Waals surface area contributed by atoms with Gasteiger partial charge >= 0.3 is 5.97 Å². The number of aromatic nitrogens is 9. The van der Waals surface area contributed by atoms with Gasteiger partial charge in [0.15, 0.2) is 17.1 Å². The van der Waals surface area contributed by atoms with Crippen LogP contribution in [0.1, 0.15) is 124 Å². The molecule has 12 aromatic rings. The molecule has 0 fully saturated rings. The van der Waals surface area contributed by atoms with Gasteiger partial charge < -0.3 is 51.9 Å². The Bertz CT molecular complexity index is 4790. The summed E-state index contributed by atoms with van der Waals surface area (Å²) in [6.45, 7) is 6.47. The van der Waals surface area contributed by atoms with Crippen molar-refractivity contribution in [1.82, 2.24) is 55.5 Å². The fourth-order valence-electron chi connectivity index (χ4n) is 9.25. The number of nitrogen functional groups attached to an aromatic ring is 3. The van der Waals surface area contributed by atoms with Gasteiger partial charge in [-0.05, 0) is 127 Å². The second kappa shape index (κ2) is 32.8. The number of carboxylic acids is 1. The minimum Gasteiger partial charge on any atom is -0.475 e. The number of carbonyl (C=O) groups excluding carboxylic acids is 2. The molecule has 3 aromatic carbocycles. The van der Waals surface area contributed by atoms with E-state index >= 15 is 0 Å². The van der Waals surface area contributed by atoms with Crippen LogP contribution in [0, 0.1) is 54.8 Å². The van der Waals surface area contributed by atoms with Crippen LogP contribution in [0.4, 0.5) is 17.5 Å². The number of fused-ring (bicyclic) bond motifs is 3. The first-order chi connectivity index (χ1) is 45.1. The average molecular weight is 1370 g/mol. The quantitative estimate of drug-likeness (QED) is 0.0531. The number of pyridine rings is 6. The lowest BCUT2D eigenvalue weighted by Crippen LogP contribution is -2.23. The summed E-state index contributed by atoms with van der Waals surface area (Å²) < 4.78 is 16.4. The lowest BCUT2D eigenvalue weighted by atomic mass is 10.1. The Balaban J connectivity index is 0.000000190. The predicted octanol–water partition coefficient (Wildman–Crippen LogP) is 11.6. The summed E-state index contributed by atoms with van der Waals surface area (Å²) in [5, 5.41) is 46.2. The van der Waals surface area contributed by atoms with Crippen LogP contribution in [0.3, 0.4) is 0 Å². The molecule has 96 heavy (non-hydrogen) atoms. The summed E-state index contributed by atoms with van der Waals surface area (Å²) in [5.41, 5.74) is 31.8. The van der Waals surface area contributed by atoms with Gasteiger partial charge in [0.1, 0.15) is 35.7 Å². The van der Waals surface area contributed by atoms with Gasteiger partial charge in [-0.2, -0.15) is 15.8 Å². The molecule has 486 valence electrons. The Labute approximate surface area is 569 Å². The van der Waals surface area contributed by atoms with Crippen LogP contribution < -0.4 is 33.6 Å². The number of aryl methyl sites for hydroxylation is 3. The zero-order chi connectivity index (χ0) is 67.2. The number of benzene rings is 3. The Morgan fingerprint density at radius 3 is 1.08 bits per heavy atom. The molecule has 25 nitrogen and oxygen atoms in total. The van der Waals surface area contributed by atoms with Crippen molar-refractivity contribution in [2.24, 2.45) is 5.73 Å². The number of hydrogen-bond donors (Lipinski definition) is 7. The topological polar surface area (TPSA) is 426 Å². The maximum absolute atomic E-state index is 12.6. The number of anilines is 3. The van der Waals surface area contributed by atoms with Gasteiger partial charge in [0.25, 0.3) is 11.8 Å². The van der Waals surface area contributed by atoms with Gasteiger partial charge in [-0.15, -0.1) is 12.4 Å². The number of carboxylic acid groups (broad SMARTS) is 1. The van der Waals surface area contributed by atoms with E-state index < -0.39 is 23.5 Å². The number of rotatable bonds is 14. The van der Waals surface area contributed by atoms with Crippen LogP contribution in [-0.2, 0) is 38.9 Å². The van der Waals surface area contributed by atoms with Crippen molar-refractivity contribution in [2.45, 2.75) is 67.1 Å². The van der Waals surface area contributed by atoms with Crippen molar-refractivity contribution in [2.75, 3.05) is 17.2 Å². The van der Waals surface area contributed by atoms with Crippen LogP contribution in [0.25, 0.3) is 32.7 Å². The van der Waals surface area contributed by atoms with E-state index in [-0.39, 0.29) is 85.6 Å². The zero-order valence-corrected chi connectivity index (χ0v) is 53.6. The first-order valence-corrected chi connectivity index (χ1v) is 29.3. The molecule has 2 amide bonds. The van der Waals surface area contributed by atoms with E-state index in [9.17, 15) is 24.9 Å². The minimum atomic E-state index is -1.32. The molecule has 0 aliphatic rings. The van der Waals surface area contributed by atoms with Crippen molar-refractivity contribution in [3.05, 3.63) is 245 Å². The molecule has 11 N–H and O–H groups in total. The summed E-state index contributed by atoms with van der Waals surface area (Å²) in [6.07, 6.45) is 5.63. The second-order valence-electron chi connectivity index (χ2n) is 20.6. The van der Waals surface area contributed by atoms with E-state index in [4.69, 9.17) is 81.4 Å². The molecular formula is C67H58Cl4N18O7. The van der Waals surface area contributed by atoms with Gasteiger partial charge in [-0.3, -0.25) is 24.5 Å². The zero-order valence-electron chi connectivity index (χ0n) is 50.5. The lowest BCUT2D eigenvalue weighted by molar-refractivity contribution is 0.0659. The van der Waals surface area contributed by atoms with Crippen molar-refractivity contribution in [3.63, 3.8) is 0 Å². The maximum Gasteiger partial charge on any atom is 0.374 e. The van der Waals surface area contributed by atoms with Crippen LogP contribution in [-0.4, -0.2) is 67.7 Å². The summed E-state index contributed by atoms with van der Waals surface area (Å²) in [6, 6.07) is 38.4. The number of amides is 2. The Morgan fingerprint density at radius 2 is 0.792 bits per heavy atom. The smallest absolute Gasteiger partial charge is 0.374 e. The molecule has 0 saturated heterocycles. The van der Waals surface area contributed by atoms with Crippen molar-refractivity contribution >= 4 is 115 Å². The fraction of sp³-hybridized carbons (Fsp3) is 0.149. The highest BCUT2D eigenvalue weighted by molar-refractivity contribution is 6.31. The van der Waals surface area contributed by atoms with Gasteiger partial charge in [0.2, 0.25) is 35.0 Å². The monoisotopic (exact) mass is 1370 g/mol. The molecular weight excluding hydrogens is 1310 g/mol. The standard InChI is InChI=1S/2C22H17ClN6O2.C15H8ClN3O3.C7H11N3.CH4.ClH/c2*1-12-14(3-5-19(25)28-12)10-27-22(30)21-18(9-24)29-20(31-21)7-13-2-4-17-15(6-13)8-16(23)11-26-17;16-10-5-9-3-8(1-2-11(9)18-7-10)4-13-19-12(6-17)14(22-13)15(20)21;1-5-6(4-8)2-3-7(9)10-5;;/h2*2-6,8,11H,7,10H2,1H3,(H2,25,28)(H,27,30);1-3,5,7H,4H2,(H,20,21);2-3H,4,8H2,1H3,(H2,9,10);1H4;1H. The van der Waals surface area contributed by atoms with Crippen LogP contribution in [0.5, 0.6) is 0 Å². The highest BCUT2D eigenvalue weighted by atomic mass is 35.5. The van der Waals surface area contributed by atoms with Crippen LogP contribution in [0.15, 0.2) is 141 Å². The lowest BCUT2D eigenvalue weighted by Gasteiger charge is -2.07. The van der Waals surface area contributed by atoms with Gasteiger partial charge in [-0.1, -0.05) is 78.6 Å². The van der Waals surface area contributed by atoms with Crippen LogP contribution in [0.2, 0.25) is 15.1 Å². The highest BCUT2D eigenvalue weighted by Crippen LogP contribution is 2.25. The van der Waals surface area contributed by atoms with Gasteiger partial charge in [0.05, 0.1) is 31.6 Å². The number of nitrogens with one attached hydrogen (secondary N) is 2. The molecule has 0 saturated carbocycles. The van der Waals surface area contributed by atoms with Gasteiger partial charge in [0, 0.05) is 90.7 Å². The molecule has 0 radical (unpaired) electrons. The Morgan fingerprint density at radius 1 is 0.479 bits per heavy atom. The summed E-state index contributed by atoms with van der Waals surface area (Å²) >= 11 is 17.9. The first-order valence-electron chi connectivity index (χ1n) is 28.1. The molecule has 0 bridgehead atoms.